The highest BCUT2D eigenvalue weighted by atomic mass is 19.1. The summed E-state index contributed by atoms with van der Waals surface area (Å²) in [5, 5.41) is 5.56. The SMILES string of the molecule is Cc1nn(C)c2nc([C@@H]3CCCN(Cc4ncccc4F)C3)ccc12. The van der Waals surface area contributed by atoms with Crippen LogP contribution in [0.3, 0.4) is 0 Å². The van der Waals surface area contributed by atoms with Gasteiger partial charge in [-0.25, -0.2) is 9.37 Å². The minimum atomic E-state index is -0.227. The number of rotatable bonds is 3. The maximum absolute atomic E-state index is 13.9. The van der Waals surface area contributed by atoms with E-state index < -0.39 is 0 Å². The highest BCUT2D eigenvalue weighted by Crippen LogP contribution is 2.28. The normalized spacial score (nSPS) is 18.8. The molecule has 0 N–H and O–H groups in total. The molecule has 4 heterocycles. The summed E-state index contributed by atoms with van der Waals surface area (Å²) in [6.45, 7) is 4.41. The molecular weight excluding hydrogens is 317 g/mol. The first-order valence-corrected chi connectivity index (χ1v) is 8.74. The lowest BCUT2D eigenvalue weighted by Gasteiger charge is -2.32. The van der Waals surface area contributed by atoms with Crippen molar-refractivity contribution in [1.82, 2.24) is 24.6 Å². The van der Waals surface area contributed by atoms with Crippen molar-refractivity contribution >= 4 is 11.0 Å². The summed E-state index contributed by atoms with van der Waals surface area (Å²) in [6.07, 6.45) is 3.85. The van der Waals surface area contributed by atoms with Crippen molar-refractivity contribution in [2.24, 2.45) is 7.05 Å². The highest BCUT2D eigenvalue weighted by molar-refractivity contribution is 5.78. The number of aromatic nitrogens is 4. The Balaban J connectivity index is 1.55. The zero-order valence-electron chi connectivity index (χ0n) is 14.6. The fourth-order valence-electron chi connectivity index (χ4n) is 3.73. The van der Waals surface area contributed by atoms with E-state index >= 15 is 0 Å². The van der Waals surface area contributed by atoms with Gasteiger partial charge in [0.05, 0.1) is 11.4 Å². The Morgan fingerprint density at radius 1 is 1.28 bits per heavy atom. The van der Waals surface area contributed by atoms with Crippen LogP contribution >= 0.6 is 0 Å². The predicted octanol–water partition coefficient (Wildman–Crippen LogP) is 3.19. The molecule has 130 valence electrons. The van der Waals surface area contributed by atoms with Gasteiger partial charge in [-0.05, 0) is 50.6 Å². The van der Waals surface area contributed by atoms with E-state index in [4.69, 9.17) is 4.98 Å². The van der Waals surface area contributed by atoms with Gasteiger partial charge in [0.15, 0.2) is 5.65 Å². The van der Waals surface area contributed by atoms with Gasteiger partial charge < -0.3 is 0 Å². The molecule has 1 fully saturated rings. The summed E-state index contributed by atoms with van der Waals surface area (Å²) in [6, 6.07) is 7.35. The molecule has 1 aliphatic rings. The Bertz CT molecular complexity index is 904. The van der Waals surface area contributed by atoms with E-state index in [1.807, 2.05) is 18.7 Å². The molecule has 0 unspecified atom stereocenters. The van der Waals surface area contributed by atoms with E-state index in [1.54, 1.807) is 12.3 Å². The van der Waals surface area contributed by atoms with Crippen LogP contribution in [0, 0.1) is 12.7 Å². The molecular formula is C19H22FN5. The van der Waals surface area contributed by atoms with Crippen molar-refractivity contribution in [3.8, 4) is 0 Å². The molecule has 4 rings (SSSR count). The van der Waals surface area contributed by atoms with E-state index in [0.717, 1.165) is 48.4 Å². The van der Waals surface area contributed by atoms with Gasteiger partial charge in [0.1, 0.15) is 5.82 Å². The molecule has 0 spiro atoms. The molecule has 1 atom stereocenters. The second kappa shape index (κ2) is 6.52. The second-order valence-electron chi connectivity index (χ2n) is 6.82. The number of halogens is 1. The average molecular weight is 339 g/mol. The molecule has 3 aromatic rings. The zero-order chi connectivity index (χ0) is 17.4. The lowest BCUT2D eigenvalue weighted by Crippen LogP contribution is -2.34. The van der Waals surface area contributed by atoms with Gasteiger partial charge in [-0.3, -0.25) is 14.6 Å². The van der Waals surface area contributed by atoms with Crippen LogP contribution in [0.1, 0.15) is 35.8 Å². The van der Waals surface area contributed by atoms with E-state index in [1.165, 1.54) is 6.07 Å². The summed E-state index contributed by atoms with van der Waals surface area (Å²) in [5.41, 5.74) is 3.56. The van der Waals surface area contributed by atoms with Gasteiger partial charge in [0.25, 0.3) is 0 Å². The lowest BCUT2D eigenvalue weighted by molar-refractivity contribution is 0.194. The third-order valence-electron chi connectivity index (χ3n) is 5.02. The minimum absolute atomic E-state index is 0.227. The Morgan fingerprint density at radius 2 is 2.16 bits per heavy atom. The highest BCUT2D eigenvalue weighted by Gasteiger charge is 2.24. The van der Waals surface area contributed by atoms with Crippen LogP contribution < -0.4 is 0 Å². The number of likely N-dealkylation sites (tertiary alicyclic amines) is 1. The summed E-state index contributed by atoms with van der Waals surface area (Å²) in [7, 11) is 1.93. The summed E-state index contributed by atoms with van der Waals surface area (Å²) in [4.78, 5) is 11.3. The number of nitrogens with zero attached hydrogens (tertiary/aromatic N) is 5. The van der Waals surface area contributed by atoms with Crippen LogP contribution in [0.15, 0.2) is 30.5 Å². The zero-order valence-corrected chi connectivity index (χ0v) is 14.6. The summed E-state index contributed by atoms with van der Waals surface area (Å²) >= 11 is 0. The maximum atomic E-state index is 13.9. The molecule has 1 saturated heterocycles. The van der Waals surface area contributed by atoms with Crippen molar-refractivity contribution in [3.63, 3.8) is 0 Å². The largest absolute Gasteiger partial charge is 0.297 e. The molecule has 25 heavy (non-hydrogen) atoms. The van der Waals surface area contributed by atoms with Crippen LogP contribution in [-0.2, 0) is 13.6 Å². The summed E-state index contributed by atoms with van der Waals surface area (Å²) in [5.74, 6) is 0.134. The molecule has 0 amide bonds. The van der Waals surface area contributed by atoms with Crippen LogP contribution in [0.5, 0.6) is 0 Å². The number of hydrogen-bond acceptors (Lipinski definition) is 4. The fourth-order valence-corrected chi connectivity index (χ4v) is 3.73. The standard InChI is InChI=1S/C19H22FN5/c1-13-15-7-8-17(22-19(15)24(2)23-13)14-5-4-10-25(11-14)12-18-16(20)6-3-9-21-18/h3,6-9,14H,4-5,10-12H2,1-2H3/t14-/m1/s1. The monoisotopic (exact) mass is 339 g/mol. The maximum Gasteiger partial charge on any atom is 0.158 e. The van der Waals surface area contributed by atoms with Gasteiger partial charge in [0.2, 0.25) is 0 Å². The molecule has 3 aromatic heterocycles. The first-order chi connectivity index (χ1) is 12.1. The number of aryl methyl sites for hydroxylation is 2. The van der Waals surface area contributed by atoms with Gasteiger partial charge in [-0.2, -0.15) is 5.10 Å². The minimum Gasteiger partial charge on any atom is -0.297 e. The smallest absolute Gasteiger partial charge is 0.158 e. The Hall–Kier alpha value is -2.34. The number of hydrogen-bond donors (Lipinski definition) is 0. The van der Waals surface area contributed by atoms with Crippen LogP contribution in [0.2, 0.25) is 0 Å². The number of pyridine rings is 2. The first kappa shape index (κ1) is 16.1. The Labute approximate surface area is 146 Å². The molecule has 6 heteroatoms. The van der Waals surface area contributed by atoms with E-state index in [0.29, 0.717) is 18.2 Å². The van der Waals surface area contributed by atoms with Gasteiger partial charge in [-0.15, -0.1) is 0 Å². The quantitative estimate of drug-likeness (QED) is 0.735. The van der Waals surface area contributed by atoms with Gasteiger partial charge in [-0.1, -0.05) is 0 Å². The predicted molar refractivity (Wildman–Crippen MR) is 94.7 cm³/mol. The lowest BCUT2D eigenvalue weighted by atomic mass is 9.94. The molecule has 5 nitrogen and oxygen atoms in total. The van der Waals surface area contributed by atoms with E-state index in [2.05, 4.69) is 27.1 Å². The molecule has 0 aliphatic carbocycles. The Morgan fingerprint density at radius 3 is 3.00 bits per heavy atom. The third kappa shape index (κ3) is 3.14. The van der Waals surface area contributed by atoms with E-state index in [9.17, 15) is 4.39 Å². The van der Waals surface area contributed by atoms with Crippen molar-refractivity contribution in [2.75, 3.05) is 13.1 Å². The van der Waals surface area contributed by atoms with Gasteiger partial charge >= 0.3 is 0 Å². The molecule has 0 radical (unpaired) electrons. The topological polar surface area (TPSA) is 46.8 Å². The van der Waals surface area contributed by atoms with Crippen LogP contribution in [0.25, 0.3) is 11.0 Å². The van der Waals surface area contributed by atoms with E-state index in [-0.39, 0.29) is 5.82 Å². The average Bonchev–Trinajstić information content (AvgIpc) is 2.91. The Kier molecular flexibility index (Phi) is 4.21. The van der Waals surface area contributed by atoms with Crippen molar-refractivity contribution in [1.29, 1.82) is 0 Å². The van der Waals surface area contributed by atoms with Crippen molar-refractivity contribution in [2.45, 2.75) is 32.2 Å². The second-order valence-corrected chi connectivity index (χ2v) is 6.82. The van der Waals surface area contributed by atoms with Gasteiger partial charge in [0, 0.05) is 43.3 Å². The molecule has 0 saturated carbocycles. The first-order valence-electron chi connectivity index (χ1n) is 8.74. The number of piperidine rings is 1. The third-order valence-corrected chi connectivity index (χ3v) is 5.02. The molecule has 0 aromatic carbocycles. The number of fused-ring (bicyclic) bond motifs is 1. The van der Waals surface area contributed by atoms with Crippen LogP contribution in [0.4, 0.5) is 4.39 Å². The van der Waals surface area contributed by atoms with Crippen LogP contribution in [-0.4, -0.2) is 37.7 Å². The van der Waals surface area contributed by atoms with Crippen molar-refractivity contribution in [3.05, 3.63) is 53.4 Å². The van der Waals surface area contributed by atoms with Crippen molar-refractivity contribution < 1.29 is 4.39 Å². The summed E-state index contributed by atoms with van der Waals surface area (Å²) < 4.78 is 15.7. The fraction of sp³-hybridized carbons (Fsp3) is 0.421. The molecule has 0 bridgehead atoms. The molecule has 1 aliphatic heterocycles.